The second kappa shape index (κ2) is 15.2. The van der Waals surface area contributed by atoms with Gasteiger partial charge >= 0.3 is 0 Å². The summed E-state index contributed by atoms with van der Waals surface area (Å²) >= 11 is 0. The molecule has 7 aromatic rings. The molecule has 0 unspecified atom stereocenters. The number of anilines is 6. The van der Waals surface area contributed by atoms with E-state index in [9.17, 15) is 0 Å². The highest BCUT2D eigenvalue weighted by atomic mass is 16.3. The monoisotopic (exact) mass is 967 g/mol. The molecule has 0 N–H and O–H groups in total. The Kier molecular flexibility index (Phi) is 10.2. The molecule has 0 radical (unpaired) electrons. The maximum Gasteiger partial charge on any atom is 0.257 e. The maximum atomic E-state index is 7.60. The lowest BCUT2D eigenvalue weighted by molar-refractivity contribution is 0.332. The summed E-state index contributed by atoms with van der Waals surface area (Å²) in [5.74, 6) is 0.367. The molecule has 0 atom stereocenters. The Morgan fingerprint density at radius 2 is 0.890 bits per heavy atom. The molecule has 378 valence electrons. The molecule has 3 nitrogen and oxygen atoms in total. The molecule has 0 saturated carbocycles. The van der Waals surface area contributed by atoms with Crippen LogP contribution in [0, 0.1) is 13.8 Å². The van der Waals surface area contributed by atoms with E-state index in [-0.39, 0.29) is 44.6 Å². The summed E-state index contributed by atoms with van der Waals surface area (Å²) in [4.78, 5) is 5.43. The smallest absolute Gasteiger partial charge is 0.257 e. The van der Waals surface area contributed by atoms with Gasteiger partial charge in [0, 0.05) is 44.9 Å². The zero-order valence-corrected chi connectivity index (χ0v) is 48.2. The molecular weight excluding hydrogens is 884 g/mol. The number of hydrogen-bond donors (Lipinski definition) is 0. The van der Waals surface area contributed by atoms with Crippen molar-refractivity contribution in [1.29, 1.82) is 0 Å². The summed E-state index contributed by atoms with van der Waals surface area (Å²) in [5.41, 5.74) is 28.3. The van der Waals surface area contributed by atoms with Crippen LogP contribution in [0.2, 0.25) is 0 Å². The molecule has 3 aliphatic carbocycles. The summed E-state index contributed by atoms with van der Waals surface area (Å²) in [6, 6.07) is 32.9. The molecular formula is C69H83BN2O. The standard InChI is InChI=1S/C69H83BN2O/c1-39(2)42-20-22-52-56(32-42)72(55-37-50-47(31-41(55)4)65(10,11)25-28-68(50,16)17)58-34-43(63(5,6)7)33-57-60(58)70(52)61-53(71(57)54-36-49-46(30-40(54)3)64(8,9)24-27-67(49,14)15)23-21-44-45-35-48-51(38-59(45)73-62(44)61)69(18,19)29-26-66(48,12)13/h20-23,30-39H,24-29H2,1-19H3. The van der Waals surface area contributed by atoms with Crippen molar-refractivity contribution in [3.8, 4) is 0 Å². The Balaban J connectivity index is 1.24. The van der Waals surface area contributed by atoms with Crippen LogP contribution in [0.4, 0.5) is 34.1 Å². The van der Waals surface area contributed by atoms with Gasteiger partial charge < -0.3 is 14.2 Å². The highest BCUT2D eigenvalue weighted by Crippen LogP contribution is 2.55. The molecule has 73 heavy (non-hydrogen) atoms. The lowest BCUT2D eigenvalue weighted by atomic mass is 9.33. The van der Waals surface area contributed by atoms with Crippen LogP contribution in [0.3, 0.4) is 0 Å². The fraction of sp³-hybridized carbons (Fsp3) is 0.478. The average Bonchev–Trinajstić information content (AvgIpc) is 3.68. The normalized spacial score (nSPS) is 20.4. The Labute approximate surface area is 439 Å². The second-order valence-electron chi connectivity index (χ2n) is 29.3. The topological polar surface area (TPSA) is 19.6 Å². The van der Waals surface area contributed by atoms with Gasteiger partial charge in [-0.25, -0.2) is 0 Å². The van der Waals surface area contributed by atoms with E-state index in [0.717, 1.165) is 11.2 Å². The number of fused-ring (bicyclic) bond motifs is 11. The van der Waals surface area contributed by atoms with Crippen LogP contribution in [0.5, 0.6) is 0 Å². The van der Waals surface area contributed by atoms with E-state index in [2.05, 4.69) is 220 Å². The quantitative estimate of drug-likeness (QED) is 0.165. The summed E-state index contributed by atoms with van der Waals surface area (Å²) in [6.45, 7) is 46.1. The van der Waals surface area contributed by atoms with Gasteiger partial charge in [0.15, 0.2) is 0 Å². The second-order valence-corrected chi connectivity index (χ2v) is 29.3. The van der Waals surface area contributed by atoms with Gasteiger partial charge in [0.1, 0.15) is 11.2 Å². The van der Waals surface area contributed by atoms with Crippen LogP contribution in [-0.4, -0.2) is 6.71 Å². The molecule has 12 rings (SSSR count). The number of aryl methyl sites for hydroxylation is 2. The van der Waals surface area contributed by atoms with E-state index < -0.39 is 0 Å². The van der Waals surface area contributed by atoms with E-state index in [1.54, 1.807) is 0 Å². The van der Waals surface area contributed by atoms with Crippen molar-refractivity contribution in [2.75, 3.05) is 9.80 Å². The third kappa shape index (κ3) is 7.02. The molecule has 0 bridgehead atoms. The van der Waals surface area contributed by atoms with Gasteiger partial charge in [-0.1, -0.05) is 142 Å². The van der Waals surface area contributed by atoms with E-state index in [4.69, 9.17) is 4.42 Å². The minimum atomic E-state index is -0.129. The molecule has 2 aliphatic heterocycles. The first kappa shape index (κ1) is 48.7. The van der Waals surface area contributed by atoms with Crippen molar-refractivity contribution in [3.05, 3.63) is 134 Å². The average molecular weight is 967 g/mol. The Bertz CT molecular complexity index is 3520. The van der Waals surface area contributed by atoms with Crippen LogP contribution in [0.1, 0.15) is 218 Å². The van der Waals surface area contributed by atoms with Gasteiger partial charge in [-0.05, 0) is 223 Å². The number of hydrogen-bond acceptors (Lipinski definition) is 3. The fourth-order valence-electron chi connectivity index (χ4n) is 14.6. The van der Waals surface area contributed by atoms with Crippen LogP contribution < -0.4 is 26.2 Å². The first-order chi connectivity index (χ1) is 33.9. The number of rotatable bonds is 3. The molecule has 3 heterocycles. The predicted octanol–water partition coefficient (Wildman–Crippen LogP) is 17.8. The summed E-state index contributed by atoms with van der Waals surface area (Å²) < 4.78 is 7.60. The first-order valence-electron chi connectivity index (χ1n) is 28.2. The Morgan fingerprint density at radius 1 is 0.452 bits per heavy atom. The summed E-state index contributed by atoms with van der Waals surface area (Å²) in [6.07, 6.45) is 7.06. The lowest BCUT2D eigenvalue weighted by Gasteiger charge is -2.47. The van der Waals surface area contributed by atoms with Crippen LogP contribution in [0.15, 0.2) is 83.3 Å². The fourth-order valence-corrected chi connectivity index (χ4v) is 14.6. The zero-order valence-electron chi connectivity index (χ0n) is 48.2. The van der Waals surface area contributed by atoms with Crippen molar-refractivity contribution < 1.29 is 4.42 Å². The molecule has 4 heteroatoms. The van der Waals surface area contributed by atoms with Gasteiger partial charge in [0.2, 0.25) is 0 Å². The SMILES string of the molecule is Cc1cc2c(cc1N1c3cc(C(C)C)ccc3B3c4c1cc(C(C)(C)C)cc4N(c1cc4c(cc1C)C(C)(C)CCC4(C)C)c1ccc4c(oc5cc6c(cc54)C(C)(C)CCC6(C)C)c13)C(C)(C)CCC2(C)C. The highest BCUT2D eigenvalue weighted by molar-refractivity contribution is 7.01. The lowest BCUT2D eigenvalue weighted by Crippen LogP contribution is -2.61. The highest BCUT2D eigenvalue weighted by Gasteiger charge is 2.49. The van der Waals surface area contributed by atoms with Gasteiger partial charge in [0.25, 0.3) is 6.71 Å². The van der Waals surface area contributed by atoms with Gasteiger partial charge in [0.05, 0.1) is 0 Å². The van der Waals surface area contributed by atoms with Gasteiger partial charge in [-0.2, -0.15) is 0 Å². The van der Waals surface area contributed by atoms with Crippen molar-refractivity contribution in [2.24, 2.45) is 0 Å². The minimum absolute atomic E-state index is 0.0423. The van der Waals surface area contributed by atoms with E-state index in [1.165, 1.54) is 155 Å². The van der Waals surface area contributed by atoms with Gasteiger partial charge in [-0.15, -0.1) is 0 Å². The first-order valence-corrected chi connectivity index (χ1v) is 28.2. The molecule has 1 aromatic heterocycles. The number of furan rings is 1. The summed E-state index contributed by atoms with van der Waals surface area (Å²) in [7, 11) is 0. The van der Waals surface area contributed by atoms with Crippen LogP contribution in [0.25, 0.3) is 21.9 Å². The van der Waals surface area contributed by atoms with Crippen molar-refractivity contribution in [1.82, 2.24) is 0 Å². The molecule has 0 amide bonds. The molecule has 0 saturated heterocycles. The molecule has 0 fully saturated rings. The maximum absolute atomic E-state index is 7.60. The number of nitrogens with zero attached hydrogens (tertiary/aromatic N) is 2. The molecule has 6 aromatic carbocycles. The van der Waals surface area contributed by atoms with E-state index in [1.807, 2.05) is 0 Å². The molecule has 0 spiro atoms. The van der Waals surface area contributed by atoms with Gasteiger partial charge in [-0.3, -0.25) is 0 Å². The predicted molar refractivity (Wildman–Crippen MR) is 316 cm³/mol. The third-order valence-corrected chi connectivity index (χ3v) is 20.0. The van der Waals surface area contributed by atoms with Crippen LogP contribution in [-0.2, 0) is 37.9 Å². The third-order valence-electron chi connectivity index (χ3n) is 20.0. The van der Waals surface area contributed by atoms with E-state index in [0.29, 0.717) is 5.92 Å². The molecule has 5 aliphatic rings. The largest absolute Gasteiger partial charge is 0.457 e. The number of benzene rings is 6. The Morgan fingerprint density at radius 3 is 1.36 bits per heavy atom. The van der Waals surface area contributed by atoms with Crippen molar-refractivity contribution in [2.45, 2.75) is 214 Å². The zero-order chi connectivity index (χ0) is 52.2. The Hall–Kier alpha value is -5.22. The summed E-state index contributed by atoms with van der Waals surface area (Å²) in [5, 5.41) is 2.45. The minimum Gasteiger partial charge on any atom is -0.457 e. The van der Waals surface area contributed by atoms with Crippen molar-refractivity contribution in [3.63, 3.8) is 0 Å². The van der Waals surface area contributed by atoms with E-state index >= 15 is 0 Å². The van der Waals surface area contributed by atoms with Crippen molar-refractivity contribution >= 4 is 79.2 Å². The van der Waals surface area contributed by atoms with Crippen LogP contribution >= 0.6 is 0 Å².